The monoisotopic (exact) mass is 425 g/mol. The van der Waals surface area contributed by atoms with Gasteiger partial charge in [-0.1, -0.05) is 18.2 Å². The van der Waals surface area contributed by atoms with Gasteiger partial charge in [-0.05, 0) is 57.8 Å². The average molecular weight is 426 g/mol. The van der Waals surface area contributed by atoms with Crippen LogP contribution in [-0.2, 0) is 6.54 Å². The molecule has 3 heterocycles. The van der Waals surface area contributed by atoms with Crippen LogP contribution >= 0.6 is 0 Å². The normalized spacial score (nSPS) is 20.5. The van der Waals surface area contributed by atoms with E-state index in [2.05, 4.69) is 44.5 Å². The lowest BCUT2D eigenvalue weighted by molar-refractivity contribution is 0.0963. The molecule has 31 heavy (non-hydrogen) atoms. The number of nitrogens with zero attached hydrogens (tertiary/aromatic N) is 4. The summed E-state index contributed by atoms with van der Waals surface area (Å²) in [6.07, 6.45) is 9.42. The zero-order chi connectivity index (χ0) is 21.5. The molecule has 1 unspecified atom stereocenters. The predicted octanol–water partition coefficient (Wildman–Crippen LogP) is 2.94. The molecule has 1 N–H and O–H groups in total. The van der Waals surface area contributed by atoms with Crippen molar-refractivity contribution >= 4 is 5.91 Å². The van der Waals surface area contributed by atoms with Gasteiger partial charge in [-0.2, -0.15) is 5.10 Å². The minimum atomic E-state index is -0.0807. The summed E-state index contributed by atoms with van der Waals surface area (Å²) in [5.74, 6) is 0.938. The molecule has 2 aliphatic rings. The topological polar surface area (TPSA) is 62.6 Å². The van der Waals surface area contributed by atoms with Crippen molar-refractivity contribution in [3.8, 4) is 5.75 Å². The first-order chi connectivity index (χ1) is 15.2. The number of ether oxygens (including phenoxy) is 1. The lowest BCUT2D eigenvalue weighted by Crippen LogP contribution is -2.26. The molecule has 1 atom stereocenters. The summed E-state index contributed by atoms with van der Waals surface area (Å²) in [6.45, 7) is 7.19. The molecule has 0 bridgehead atoms. The van der Waals surface area contributed by atoms with Gasteiger partial charge in [0.25, 0.3) is 5.91 Å². The zero-order valence-corrected chi connectivity index (χ0v) is 18.6. The van der Waals surface area contributed by atoms with Crippen LogP contribution in [0.25, 0.3) is 0 Å². The van der Waals surface area contributed by atoms with Crippen molar-refractivity contribution in [3.05, 3.63) is 47.8 Å². The van der Waals surface area contributed by atoms with E-state index in [0.717, 1.165) is 57.8 Å². The Morgan fingerprint density at radius 2 is 1.90 bits per heavy atom. The van der Waals surface area contributed by atoms with Crippen LogP contribution in [0.1, 0.15) is 54.1 Å². The third-order valence-electron chi connectivity index (χ3n) is 6.49. The van der Waals surface area contributed by atoms with Gasteiger partial charge in [0, 0.05) is 38.4 Å². The molecule has 2 fully saturated rings. The van der Waals surface area contributed by atoms with E-state index in [9.17, 15) is 4.79 Å². The third-order valence-corrected chi connectivity index (χ3v) is 6.49. The summed E-state index contributed by atoms with van der Waals surface area (Å²) >= 11 is 0. The van der Waals surface area contributed by atoms with Crippen molar-refractivity contribution in [2.24, 2.45) is 0 Å². The highest BCUT2D eigenvalue weighted by molar-refractivity contribution is 5.93. The van der Waals surface area contributed by atoms with Crippen molar-refractivity contribution in [3.63, 3.8) is 0 Å². The van der Waals surface area contributed by atoms with E-state index in [4.69, 9.17) is 4.74 Å². The van der Waals surface area contributed by atoms with Gasteiger partial charge in [-0.25, -0.2) is 0 Å². The molecule has 1 amide bonds. The first-order valence-corrected chi connectivity index (χ1v) is 11.6. The van der Waals surface area contributed by atoms with Crippen LogP contribution in [0.2, 0.25) is 0 Å². The summed E-state index contributed by atoms with van der Waals surface area (Å²) in [5.41, 5.74) is 1.90. The van der Waals surface area contributed by atoms with Crippen LogP contribution in [-0.4, -0.2) is 71.9 Å². The summed E-state index contributed by atoms with van der Waals surface area (Å²) < 4.78 is 8.15. The van der Waals surface area contributed by atoms with Crippen molar-refractivity contribution in [1.29, 1.82) is 0 Å². The standard InChI is InChI=1S/C24H35N5O2/c1-25-24(30)21-17-26-29(19-21)22-8-6-13-28(14-10-22)18-20-7-2-3-9-23(20)31-16-15-27-11-4-5-12-27/h2-3,7,9,17,19,22H,4-6,8,10-16,18H2,1H3,(H,25,30). The molecule has 168 valence electrons. The van der Waals surface area contributed by atoms with Crippen molar-refractivity contribution in [2.45, 2.75) is 44.7 Å². The van der Waals surface area contributed by atoms with Gasteiger partial charge in [-0.15, -0.1) is 0 Å². The minimum Gasteiger partial charge on any atom is -0.492 e. The van der Waals surface area contributed by atoms with Gasteiger partial charge in [0.15, 0.2) is 0 Å². The van der Waals surface area contributed by atoms with Gasteiger partial charge in [-0.3, -0.25) is 19.3 Å². The molecule has 0 saturated carbocycles. The number of benzene rings is 1. The van der Waals surface area contributed by atoms with Crippen LogP contribution in [0.4, 0.5) is 0 Å². The molecule has 2 aromatic rings. The molecule has 0 spiro atoms. The van der Waals surface area contributed by atoms with E-state index in [1.54, 1.807) is 13.2 Å². The first-order valence-electron chi connectivity index (χ1n) is 11.6. The number of carbonyl (C=O) groups excluding carboxylic acids is 1. The van der Waals surface area contributed by atoms with Gasteiger partial charge in [0.05, 0.1) is 17.8 Å². The van der Waals surface area contributed by atoms with E-state index in [0.29, 0.717) is 11.6 Å². The van der Waals surface area contributed by atoms with Crippen LogP contribution in [0.5, 0.6) is 5.75 Å². The van der Waals surface area contributed by atoms with Crippen LogP contribution < -0.4 is 10.1 Å². The van der Waals surface area contributed by atoms with Crippen molar-refractivity contribution < 1.29 is 9.53 Å². The zero-order valence-electron chi connectivity index (χ0n) is 18.6. The highest BCUT2D eigenvalue weighted by atomic mass is 16.5. The number of hydrogen-bond donors (Lipinski definition) is 1. The maximum atomic E-state index is 11.8. The Morgan fingerprint density at radius 3 is 2.74 bits per heavy atom. The molecule has 1 aromatic carbocycles. The number of carbonyl (C=O) groups is 1. The SMILES string of the molecule is CNC(=O)c1cnn(C2CCCN(Cc3ccccc3OCCN3CCCC3)CC2)c1. The Bertz CT molecular complexity index is 846. The lowest BCUT2D eigenvalue weighted by atomic mass is 10.1. The fourth-order valence-electron chi connectivity index (χ4n) is 4.67. The summed E-state index contributed by atoms with van der Waals surface area (Å²) in [4.78, 5) is 16.8. The molecule has 0 aliphatic carbocycles. The fourth-order valence-corrected chi connectivity index (χ4v) is 4.67. The second-order valence-corrected chi connectivity index (χ2v) is 8.65. The predicted molar refractivity (Wildman–Crippen MR) is 121 cm³/mol. The number of nitrogens with one attached hydrogen (secondary N) is 1. The molecule has 4 rings (SSSR count). The van der Waals surface area contributed by atoms with E-state index in [1.165, 1.54) is 31.5 Å². The number of hydrogen-bond acceptors (Lipinski definition) is 5. The summed E-state index contributed by atoms with van der Waals surface area (Å²) in [7, 11) is 1.65. The summed E-state index contributed by atoms with van der Waals surface area (Å²) in [5, 5.41) is 7.12. The molecule has 2 aliphatic heterocycles. The largest absolute Gasteiger partial charge is 0.492 e. The Morgan fingerprint density at radius 1 is 1.10 bits per heavy atom. The minimum absolute atomic E-state index is 0.0807. The average Bonchev–Trinajstić information content (AvgIpc) is 3.44. The van der Waals surface area contributed by atoms with Gasteiger partial charge in [0.1, 0.15) is 12.4 Å². The Hall–Kier alpha value is -2.38. The van der Waals surface area contributed by atoms with Crippen LogP contribution in [0.3, 0.4) is 0 Å². The number of amides is 1. The lowest BCUT2D eigenvalue weighted by Gasteiger charge is -2.22. The number of likely N-dealkylation sites (tertiary alicyclic amines) is 2. The van der Waals surface area contributed by atoms with E-state index in [1.807, 2.05) is 10.9 Å². The Kier molecular flexibility index (Phi) is 7.59. The third kappa shape index (κ3) is 5.86. The first kappa shape index (κ1) is 21.8. The molecule has 1 aromatic heterocycles. The number of rotatable bonds is 8. The molecular weight excluding hydrogens is 390 g/mol. The van der Waals surface area contributed by atoms with E-state index < -0.39 is 0 Å². The Labute approximate surface area is 185 Å². The fraction of sp³-hybridized carbons (Fsp3) is 0.583. The Balaban J connectivity index is 1.31. The molecular formula is C24H35N5O2. The highest BCUT2D eigenvalue weighted by Gasteiger charge is 2.21. The van der Waals surface area contributed by atoms with Crippen LogP contribution in [0, 0.1) is 0 Å². The van der Waals surface area contributed by atoms with Crippen LogP contribution in [0.15, 0.2) is 36.7 Å². The molecule has 2 saturated heterocycles. The van der Waals surface area contributed by atoms with Gasteiger partial charge >= 0.3 is 0 Å². The maximum absolute atomic E-state index is 11.8. The van der Waals surface area contributed by atoms with Crippen molar-refractivity contribution in [2.75, 3.05) is 46.4 Å². The maximum Gasteiger partial charge on any atom is 0.254 e. The van der Waals surface area contributed by atoms with E-state index in [-0.39, 0.29) is 5.91 Å². The van der Waals surface area contributed by atoms with E-state index >= 15 is 0 Å². The number of para-hydroxylation sites is 1. The van der Waals surface area contributed by atoms with Gasteiger partial charge in [0.2, 0.25) is 0 Å². The second kappa shape index (κ2) is 10.8. The number of aromatic nitrogens is 2. The second-order valence-electron chi connectivity index (χ2n) is 8.65. The van der Waals surface area contributed by atoms with Crippen molar-refractivity contribution in [1.82, 2.24) is 24.9 Å². The molecule has 0 radical (unpaired) electrons. The molecule has 7 heteroatoms. The summed E-state index contributed by atoms with van der Waals surface area (Å²) in [6, 6.07) is 8.80. The molecule has 7 nitrogen and oxygen atoms in total. The smallest absolute Gasteiger partial charge is 0.254 e. The van der Waals surface area contributed by atoms with Gasteiger partial charge < -0.3 is 10.1 Å². The highest BCUT2D eigenvalue weighted by Crippen LogP contribution is 2.26. The quantitative estimate of drug-likeness (QED) is 0.705.